The lowest BCUT2D eigenvalue weighted by Gasteiger charge is -2.07. The number of carbonyl (C=O) groups is 1. The minimum absolute atomic E-state index is 0.368. The van der Waals surface area contributed by atoms with Gasteiger partial charge in [0, 0.05) is 22.5 Å². The number of methoxy groups -OCH3 is 1. The molecule has 0 radical (unpaired) electrons. The first-order chi connectivity index (χ1) is 13.1. The number of rotatable bonds is 4. The summed E-state index contributed by atoms with van der Waals surface area (Å²) in [5, 5.41) is 8.23. The number of hydrogen-bond acceptors (Lipinski definition) is 5. The van der Waals surface area contributed by atoms with Gasteiger partial charge in [0.05, 0.1) is 18.9 Å². The largest absolute Gasteiger partial charge is 0.465 e. The molecule has 0 aliphatic heterocycles. The van der Waals surface area contributed by atoms with E-state index in [1.54, 1.807) is 22.8 Å². The van der Waals surface area contributed by atoms with Crippen LogP contribution < -0.4 is 5.32 Å². The van der Waals surface area contributed by atoms with E-state index in [0.717, 1.165) is 16.8 Å². The Balaban J connectivity index is 1.69. The van der Waals surface area contributed by atoms with Crippen molar-refractivity contribution >= 4 is 34.7 Å². The summed E-state index contributed by atoms with van der Waals surface area (Å²) < 4.78 is 6.43. The fraction of sp³-hybridized carbons (Fsp3) is 0.0500. The number of esters is 1. The van der Waals surface area contributed by atoms with E-state index in [2.05, 4.69) is 15.4 Å². The zero-order valence-corrected chi connectivity index (χ0v) is 15.1. The Kier molecular flexibility index (Phi) is 4.48. The van der Waals surface area contributed by atoms with Crippen LogP contribution in [0.2, 0.25) is 5.02 Å². The van der Waals surface area contributed by atoms with Crippen molar-refractivity contribution in [2.24, 2.45) is 0 Å². The molecule has 1 N–H and O–H groups in total. The number of ether oxygens (including phenoxy) is 1. The summed E-state index contributed by atoms with van der Waals surface area (Å²) in [5.41, 5.74) is 3.82. The number of halogens is 1. The van der Waals surface area contributed by atoms with E-state index in [1.165, 1.54) is 7.11 Å². The lowest BCUT2D eigenvalue weighted by molar-refractivity contribution is 0.0601. The molecule has 0 spiro atoms. The molecule has 7 heteroatoms. The van der Waals surface area contributed by atoms with E-state index in [9.17, 15) is 4.79 Å². The van der Waals surface area contributed by atoms with Crippen LogP contribution in [-0.2, 0) is 4.74 Å². The average Bonchev–Trinajstić information content (AvgIpc) is 3.11. The molecule has 0 bridgehead atoms. The lowest BCUT2D eigenvalue weighted by Crippen LogP contribution is -2.00. The first-order valence-electron chi connectivity index (χ1n) is 8.20. The summed E-state index contributed by atoms with van der Waals surface area (Å²) in [4.78, 5) is 16.3. The number of anilines is 2. The van der Waals surface area contributed by atoms with Gasteiger partial charge in [-0.25, -0.2) is 14.3 Å². The van der Waals surface area contributed by atoms with Crippen LogP contribution in [0.1, 0.15) is 10.4 Å². The first-order valence-corrected chi connectivity index (χ1v) is 8.57. The molecule has 0 fully saturated rings. The molecule has 0 atom stereocenters. The fourth-order valence-corrected chi connectivity index (χ4v) is 2.95. The van der Waals surface area contributed by atoms with Crippen molar-refractivity contribution < 1.29 is 9.53 Å². The summed E-state index contributed by atoms with van der Waals surface area (Å²) in [6, 6.07) is 16.4. The molecule has 4 aromatic rings. The second-order valence-corrected chi connectivity index (χ2v) is 6.28. The third kappa shape index (κ3) is 3.47. The molecule has 27 heavy (non-hydrogen) atoms. The van der Waals surface area contributed by atoms with Crippen LogP contribution in [0.25, 0.3) is 16.8 Å². The molecule has 2 aromatic heterocycles. The Morgan fingerprint density at radius 1 is 1.15 bits per heavy atom. The third-order valence-electron chi connectivity index (χ3n) is 4.08. The summed E-state index contributed by atoms with van der Waals surface area (Å²) in [7, 11) is 1.36. The second kappa shape index (κ2) is 7.09. The topological polar surface area (TPSA) is 68.5 Å². The summed E-state index contributed by atoms with van der Waals surface area (Å²) >= 11 is 6.03. The second-order valence-electron chi connectivity index (χ2n) is 5.84. The predicted molar refractivity (Wildman–Crippen MR) is 104 cm³/mol. The molecule has 0 aliphatic rings. The van der Waals surface area contributed by atoms with Gasteiger partial charge in [-0.2, -0.15) is 5.10 Å². The van der Waals surface area contributed by atoms with Crippen LogP contribution in [0.4, 0.5) is 11.5 Å². The molecule has 0 aliphatic carbocycles. The Morgan fingerprint density at radius 3 is 2.70 bits per heavy atom. The number of fused-ring (bicyclic) bond motifs is 1. The van der Waals surface area contributed by atoms with E-state index < -0.39 is 0 Å². The van der Waals surface area contributed by atoms with Gasteiger partial charge in [0.25, 0.3) is 0 Å². The minimum atomic E-state index is -0.368. The fourth-order valence-electron chi connectivity index (χ4n) is 2.76. The van der Waals surface area contributed by atoms with Gasteiger partial charge in [-0.15, -0.1) is 0 Å². The molecule has 2 heterocycles. The maximum Gasteiger partial charge on any atom is 0.337 e. The number of aromatic nitrogens is 3. The Morgan fingerprint density at radius 2 is 1.96 bits per heavy atom. The van der Waals surface area contributed by atoms with Crippen molar-refractivity contribution in [2.45, 2.75) is 0 Å². The molecule has 0 saturated heterocycles. The number of carbonyl (C=O) groups excluding carboxylic acids is 1. The summed E-state index contributed by atoms with van der Waals surface area (Å²) in [6.45, 7) is 0. The van der Waals surface area contributed by atoms with Crippen molar-refractivity contribution in [3.63, 3.8) is 0 Å². The Bertz CT molecular complexity index is 1120. The highest BCUT2D eigenvalue weighted by Gasteiger charge is 2.11. The van der Waals surface area contributed by atoms with Gasteiger partial charge in [0.2, 0.25) is 0 Å². The highest BCUT2D eigenvalue weighted by Crippen LogP contribution is 2.26. The molecule has 0 saturated carbocycles. The van der Waals surface area contributed by atoms with Crippen molar-refractivity contribution in [1.29, 1.82) is 0 Å². The normalized spacial score (nSPS) is 10.7. The van der Waals surface area contributed by atoms with Gasteiger partial charge in [-0.05, 0) is 42.0 Å². The number of nitrogens with one attached hydrogen (secondary N) is 1. The predicted octanol–water partition coefficient (Wildman–Crippen LogP) is 4.58. The Hall–Kier alpha value is -3.38. The number of nitrogens with zero attached hydrogens (tertiary/aromatic N) is 3. The summed E-state index contributed by atoms with van der Waals surface area (Å²) in [6.07, 6.45) is 3.58. The average molecular weight is 379 g/mol. The lowest BCUT2D eigenvalue weighted by atomic mass is 10.1. The maximum absolute atomic E-state index is 11.6. The molecular formula is C20H15ClN4O2. The van der Waals surface area contributed by atoms with Gasteiger partial charge in [0.15, 0.2) is 5.65 Å². The van der Waals surface area contributed by atoms with Gasteiger partial charge >= 0.3 is 5.97 Å². The van der Waals surface area contributed by atoms with Gasteiger partial charge in [-0.3, -0.25) is 0 Å². The molecule has 6 nitrogen and oxygen atoms in total. The molecule has 0 amide bonds. The van der Waals surface area contributed by atoms with Gasteiger partial charge < -0.3 is 10.1 Å². The van der Waals surface area contributed by atoms with Crippen LogP contribution >= 0.6 is 11.6 Å². The van der Waals surface area contributed by atoms with Crippen LogP contribution in [-0.4, -0.2) is 27.7 Å². The molecule has 4 rings (SSSR count). The summed E-state index contributed by atoms with van der Waals surface area (Å²) in [5.74, 6) is 0.310. The van der Waals surface area contributed by atoms with Crippen LogP contribution in [0.3, 0.4) is 0 Å². The SMILES string of the molecule is COC(=O)c1ccc(-c2cnn3ccc(Nc4cccc(Cl)c4)nc23)cc1. The number of hydrogen-bond donors (Lipinski definition) is 1. The maximum atomic E-state index is 11.6. The van der Waals surface area contributed by atoms with Crippen LogP contribution in [0.5, 0.6) is 0 Å². The quantitative estimate of drug-likeness (QED) is 0.526. The molecular weight excluding hydrogens is 364 g/mol. The molecule has 0 unspecified atom stereocenters. The smallest absolute Gasteiger partial charge is 0.337 e. The van der Waals surface area contributed by atoms with Gasteiger partial charge in [0.1, 0.15) is 5.82 Å². The zero-order chi connectivity index (χ0) is 18.8. The highest BCUT2D eigenvalue weighted by molar-refractivity contribution is 6.30. The van der Waals surface area contributed by atoms with Gasteiger partial charge in [-0.1, -0.05) is 29.8 Å². The van der Waals surface area contributed by atoms with Crippen molar-refractivity contribution in [3.8, 4) is 11.1 Å². The Labute approximate surface area is 160 Å². The van der Waals surface area contributed by atoms with Crippen molar-refractivity contribution in [2.75, 3.05) is 12.4 Å². The van der Waals surface area contributed by atoms with E-state index in [1.807, 2.05) is 48.7 Å². The monoisotopic (exact) mass is 378 g/mol. The first kappa shape index (κ1) is 17.1. The highest BCUT2D eigenvalue weighted by atomic mass is 35.5. The number of benzene rings is 2. The zero-order valence-electron chi connectivity index (χ0n) is 14.4. The van der Waals surface area contributed by atoms with E-state index >= 15 is 0 Å². The van der Waals surface area contributed by atoms with Crippen molar-refractivity contribution in [1.82, 2.24) is 14.6 Å². The van der Waals surface area contributed by atoms with E-state index in [0.29, 0.717) is 22.1 Å². The molecule has 2 aromatic carbocycles. The van der Waals surface area contributed by atoms with Crippen LogP contribution in [0.15, 0.2) is 67.0 Å². The van der Waals surface area contributed by atoms with E-state index in [4.69, 9.17) is 16.3 Å². The molecule has 134 valence electrons. The van der Waals surface area contributed by atoms with E-state index in [-0.39, 0.29) is 5.97 Å². The minimum Gasteiger partial charge on any atom is -0.465 e. The van der Waals surface area contributed by atoms with Crippen molar-refractivity contribution in [3.05, 3.63) is 77.6 Å². The van der Waals surface area contributed by atoms with Crippen LogP contribution in [0, 0.1) is 0 Å². The third-order valence-corrected chi connectivity index (χ3v) is 4.32. The standard InChI is InChI=1S/C20H15ClN4O2/c1-27-20(26)14-7-5-13(6-8-14)17-12-22-25-10-9-18(24-19(17)25)23-16-4-2-3-15(21)11-16/h2-12H,1H3,(H,23,24).